The highest BCUT2D eigenvalue weighted by Crippen LogP contribution is 2.37. The molecule has 0 bridgehead atoms. The van der Waals surface area contributed by atoms with E-state index < -0.39 is 0 Å². The molecule has 0 N–H and O–H groups in total. The van der Waals surface area contributed by atoms with Crippen molar-refractivity contribution >= 4 is 18.3 Å². The summed E-state index contributed by atoms with van der Waals surface area (Å²) in [5, 5.41) is 0. The second-order valence-electron chi connectivity index (χ2n) is 7.31. The predicted molar refractivity (Wildman–Crippen MR) is 107 cm³/mol. The van der Waals surface area contributed by atoms with Crippen LogP contribution in [0.15, 0.2) is 36.5 Å². The molecule has 1 amide bonds. The van der Waals surface area contributed by atoms with Crippen LogP contribution in [0.25, 0.3) is 0 Å². The SMILES string of the molecule is CCCCCCc1ccc2c(c1)CCN1C(=O)c3cccnc3CC21.Cl. The molecule has 1 unspecified atom stereocenters. The van der Waals surface area contributed by atoms with Crippen LogP contribution in [0.1, 0.15) is 71.4 Å². The summed E-state index contributed by atoms with van der Waals surface area (Å²) in [4.78, 5) is 19.3. The van der Waals surface area contributed by atoms with E-state index in [1.807, 2.05) is 17.0 Å². The molecule has 0 spiro atoms. The van der Waals surface area contributed by atoms with Crippen molar-refractivity contribution < 1.29 is 4.79 Å². The lowest BCUT2D eigenvalue weighted by Crippen LogP contribution is -2.44. The fourth-order valence-electron chi connectivity index (χ4n) is 4.27. The van der Waals surface area contributed by atoms with Crippen LogP contribution in [0.5, 0.6) is 0 Å². The van der Waals surface area contributed by atoms with Gasteiger partial charge in [-0.1, -0.05) is 44.4 Å². The number of unbranched alkanes of at least 4 members (excludes halogenated alkanes) is 3. The van der Waals surface area contributed by atoms with Crippen LogP contribution in [0.3, 0.4) is 0 Å². The molecule has 2 aromatic rings. The highest BCUT2D eigenvalue weighted by Gasteiger charge is 2.37. The van der Waals surface area contributed by atoms with E-state index in [9.17, 15) is 4.79 Å². The van der Waals surface area contributed by atoms with Crippen molar-refractivity contribution in [2.24, 2.45) is 0 Å². The van der Waals surface area contributed by atoms with Gasteiger partial charge in [0.05, 0.1) is 17.3 Å². The summed E-state index contributed by atoms with van der Waals surface area (Å²) in [7, 11) is 0. The third kappa shape index (κ3) is 3.50. The molecule has 4 rings (SSSR count). The molecule has 4 heteroatoms. The van der Waals surface area contributed by atoms with E-state index in [4.69, 9.17) is 0 Å². The molecule has 2 aliphatic heterocycles. The minimum atomic E-state index is 0. The van der Waals surface area contributed by atoms with Gasteiger partial charge in [-0.25, -0.2) is 0 Å². The summed E-state index contributed by atoms with van der Waals surface area (Å²) in [5.41, 5.74) is 5.94. The maximum Gasteiger partial charge on any atom is 0.256 e. The Hall–Kier alpha value is -1.87. The molecule has 0 fully saturated rings. The maximum atomic E-state index is 12.8. The molecule has 1 aromatic heterocycles. The van der Waals surface area contributed by atoms with Crippen molar-refractivity contribution in [1.29, 1.82) is 0 Å². The first-order valence-corrected chi connectivity index (χ1v) is 9.64. The van der Waals surface area contributed by atoms with Gasteiger partial charge in [-0.05, 0) is 48.1 Å². The number of pyridine rings is 1. The van der Waals surface area contributed by atoms with Gasteiger partial charge in [0, 0.05) is 19.2 Å². The molecule has 3 heterocycles. The van der Waals surface area contributed by atoms with E-state index in [-0.39, 0.29) is 24.4 Å². The van der Waals surface area contributed by atoms with Crippen molar-refractivity contribution in [2.45, 2.75) is 57.9 Å². The third-order valence-electron chi connectivity index (χ3n) is 5.65. The first-order chi connectivity index (χ1) is 12.3. The zero-order valence-corrected chi connectivity index (χ0v) is 16.2. The topological polar surface area (TPSA) is 33.2 Å². The Labute approximate surface area is 162 Å². The van der Waals surface area contributed by atoms with Gasteiger partial charge < -0.3 is 4.90 Å². The lowest BCUT2D eigenvalue weighted by Gasteiger charge is -2.40. The first-order valence-electron chi connectivity index (χ1n) is 9.64. The van der Waals surface area contributed by atoms with Gasteiger partial charge in [0.25, 0.3) is 5.91 Å². The summed E-state index contributed by atoms with van der Waals surface area (Å²) in [5.74, 6) is 0.147. The third-order valence-corrected chi connectivity index (χ3v) is 5.65. The van der Waals surface area contributed by atoms with E-state index in [0.29, 0.717) is 0 Å². The Kier molecular flexibility index (Phi) is 5.98. The molecule has 1 aromatic carbocycles. The lowest BCUT2D eigenvalue weighted by atomic mass is 9.84. The number of rotatable bonds is 5. The quantitative estimate of drug-likeness (QED) is 0.700. The summed E-state index contributed by atoms with van der Waals surface area (Å²) in [6, 6.07) is 10.9. The monoisotopic (exact) mass is 370 g/mol. The van der Waals surface area contributed by atoms with Crippen LogP contribution in [-0.2, 0) is 19.3 Å². The minimum absolute atomic E-state index is 0. The fourth-order valence-corrected chi connectivity index (χ4v) is 4.27. The molecule has 26 heavy (non-hydrogen) atoms. The number of fused-ring (bicyclic) bond motifs is 4. The lowest BCUT2D eigenvalue weighted by molar-refractivity contribution is 0.0629. The van der Waals surface area contributed by atoms with Crippen LogP contribution < -0.4 is 0 Å². The number of halogens is 1. The number of carbonyl (C=O) groups excluding carboxylic acids is 1. The zero-order valence-electron chi connectivity index (χ0n) is 15.4. The molecule has 138 valence electrons. The number of benzene rings is 1. The summed E-state index contributed by atoms with van der Waals surface area (Å²) in [6.45, 7) is 3.08. The number of nitrogens with zero attached hydrogens (tertiary/aromatic N) is 2. The van der Waals surface area contributed by atoms with Gasteiger partial charge in [-0.3, -0.25) is 9.78 Å². The summed E-state index contributed by atoms with van der Waals surface area (Å²) >= 11 is 0. The highest BCUT2D eigenvalue weighted by molar-refractivity contribution is 5.96. The minimum Gasteiger partial charge on any atom is -0.331 e. The van der Waals surface area contributed by atoms with Gasteiger partial charge in [0.1, 0.15) is 0 Å². The smallest absolute Gasteiger partial charge is 0.256 e. The van der Waals surface area contributed by atoms with Crippen LogP contribution >= 0.6 is 12.4 Å². The Morgan fingerprint density at radius 2 is 2.08 bits per heavy atom. The van der Waals surface area contributed by atoms with Crippen LogP contribution in [0.2, 0.25) is 0 Å². The number of aryl methyl sites for hydroxylation is 1. The van der Waals surface area contributed by atoms with E-state index in [2.05, 4.69) is 30.1 Å². The molecule has 0 aliphatic carbocycles. The Bertz CT molecular complexity index is 789. The average Bonchev–Trinajstić information content (AvgIpc) is 2.65. The van der Waals surface area contributed by atoms with Gasteiger partial charge in [-0.2, -0.15) is 0 Å². The van der Waals surface area contributed by atoms with Gasteiger partial charge in [0.2, 0.25) is 0 Å². The fraction of sp³-hybridized carbons (Fsp3) is 0.455. The second kappa shape index (κ2) is 8.22. The molecule has 3 nitrogen and oxygen atoms in total. The summed E-state index contributed by atoms with van der Waals surface area (Å²) < 4.78 is 0. The number of amides is 1. The molecule has 0 saturated carbocycles. The molecule has 1 atom stereocenters. The maximum absolute atomic E-state index is 12.8. The number of hydrogen-bond donors (Lipinski definition) is 0. The van der Waals surface area contributed by atoms with Crippen LogP contribution in [-0.4, -0.2) is 22.3 Å². The largest absolute Gasteiger partial charge is 0.331 e. The Morgan fingerprint density at radius 1 is 1.19 bits per heavy atom. The Morgan fingerprint density at radius 3 is 2.92 bits per heavy atom. The van der Waals surface area contributed by atoms with E-state index in [1.54, 1.807) is 6.20 Å². The van der Waals surface area contributed by atoms with Crippen molar-refractivity contribution in [1.82, 2.24) is 9.88 Å². The molecular weight excluding hydrogens is 344 g/mol. The number of aromatic nitrogens is 1. The normalized spacial score (nSPS) is 17.8. The van der Waals surface area contributed by atoms with Crippen molar-refractivity contribution in [3.05, 3.63) is 64.5 Å². The first kappa shape index (κ1) is 18.9. The molecule has 0 radical (unpaired) electrons. The van der Waals surface area contributed by atoms with Gasteiger partial charge in [-0.15, -0.1) is 12.4 Å². The summed E-state index contributed by atoms with van der Waals surface area (Å²) in [6.07, 6.45) is 9.98. The standard InChI is InChI=1S/C22H26N2O.ClH/c1-2-3-4-5-7-16-9-10-18-17(14-16)11-13-24-21(18)15-20-19(22(24)25)8-6-12-23-20;/h6,8-10,12,14,21H,2-5,7,11,13,15H2,1H3;1H. The predicted octanol–water partition coefficient (Wildman–Crippen LogP) is 4.92. The number of hydrogen-bond acceptors (Lipinski definition) is 2. The van der Waals surface area contributed by atoms with Crippen molar-refractivity contribution in [3.8, 4) is 0 Å². The highest BCUT2D eigenvalue weighted by atomic mass is 35.5. The number of carbonyl (C=O) groups is 1. The van der Waals surface area contributed by atoms with Gasteiger partial charge in [0.15, 0.2) is 0 Å². The van der Waals surface area contributed by atoms with E-state index >= 15 is 0 Å². The second-order valence-corrected chi connectivity index (χ2v) is 7.31. The van der Waals surface area contributed by atoms with E-state index in [0.717, 1.165) is 30.6 Å². The molecular formula is C22H27ClN2O. The van der Waals surface area contributed by atoms with Crippen LogP contribution in [0, 0.1) is 0 Å². The average molecular weight is 371 g/mol. The van der Waals surface area contributed by atoms with E-state index in [1.165, 1.54) is 48.8 Å². The Balaban J connectivity index is 0.00000196. The van der Waals surface area contributed by atoms with Crippen LogP contribution in [0.4, 0.5) is 0 Å². The molecule has 2 aliphatic rings. The zero-order chi connectivity index (χ0) is 17.2. The van der Waals surface area contributed by atoms with Gasteiger partial charge >= 0.3 is 0 Å². The molecule has 0 saturated heterocycles. The van der Waals surface area contributed by atoms with Crippen molar-refractivity contribution in [2.75, 3.05) is 6.54 Å². The van der Waals surface area contributed by atoms with Crippen molar-refractivity contribution in [3.63, 3.8) is 0 Å².